The van der Waals surface area contributed by atoms with Gasteiger partial charge in [0, 0.05) is 5.02 Å². The van der Waals surface area contributed by atoms with Gasteiger partial charge in [0.2, 0.25) is 0 Å². The molecule has 0 spiro atoms. The minimum absolute atomic E-state index is 0.379. The van der Waals surface area contributed by atoms with Crippen molar-refractivity contribution >= 4 is 17.6 Å². The summed E-state index contributed by atoms with van der Waals surface area (Å²) in [5.74, 6) is -0.379. The quantitative estimate of drug-likeness (QED) is 0.723. The van der Waals surface area contributed by atoms with Gasteiger partial charge in [-0.25, -0.2) is 0 Å². The monoisotopic (exact) mass is 225 g/mol. The van der Waals surface area contributed by atoms with Crippen LogP contribution in [-0.4, -0.2) is 11.6 Å². The molecule has 0 bridgehead atoms. The molecule has 1 rings (SSSR count). The summed E-state index contributed by atoms with van der Waals surface area (Å²) in [6.07, 6.45) is 1.40. The van der Waals surface area contributed by atoms with Crippen LogP contribution in [0.5, 0.6) is 0 Å². The van der Waals surface area contributed by atoms with Gasteiger partial charge >= 0.3 is 5.97 Å². The zero-order valence-corrected chi connectivity index (χ0v) is 9.84. The number of rotatable bonds is 2. The SMILES string of the molecule is CC(C)(C)OC(=O)[CH]c1ccccc1Cl. The highest BCUT2D eigenvalue weighted by Crippen LogP contribution is 2.18. The van der Waals surface area contributed by atoms with Crippen molar-refractivity contribution in [2.75, 3.05) is 0 Å². The zero-order valence-electron chi connectivity index (χ0n) is 9.08. The molecule has 0 heterocycles. The van der Waals surface area contributed by atoms with Crippen LogP contribution in [0.2, 0.25) is 5.02 Å². The maximum Gasteiger partial charge on any atom is 0.315 e. The summed E-state index contributed by atoms with van der Waals surface area (Å²) in [5.41, 5.74) is 0.197. The maximum atomic E-state index is 11.4. The van der Waals surface area contributed by atoms with E-state index in [1.165, 1.54) is 6.42 Å². The van der Waals surface area contributed by atoms with E-state index in [1.807, 2.05) is 32.9 Å². The Morgan fingerprint density at radius 3 is 2.47 bits per heavy atom. The van der Waals surface area contributed by atoms with E-state index in [2.05, 4.69) is 0 Å². The van der Waals surface area contributed by atoms with Gasteiger partial charge in [-0.05, 0) is 32.4 Å². The van der Waals surface area contributed by atoms with Crippen molar-refractivity contribution in [1.29, 1.82) is 0 Å². The number of esters is 1. The predicted molar refractivity (Wildman–Crippen MR) is 60.7 cm³/mol. The Hall–Kier alpha value is -1.02. The Kier molecular flexibility index (Phi) is 3.75. The van der Waals surface area contributed by atoms with Crippen molar-refractivity contribution in [2.24, 2.45) is 0 Å². The summed E-state index contributed by atoms with van der Waals surface area (Å²) in [6.45, 7) is 5.47. The molecule has 0 unspecified atom stereocenters. The number of halogens is 1. The summed E-state index contributed by atoms with van der Waals surface area (Å²) < 4.78 is 5.14. The van der Waals surface area contributed by atoms with Crippen LogP contribution in [-0.2, 0) is 9.53 Å². The fourth-order valence-electron chi connectivity index (χ4n) is 1.05. The molecule has 15 heavy (non-hydrogen) atoms. The number of hydrogen-bond donors (Lipinski definition) is 0. The first-order chi connectivity index (χ1) is 6.88. The third kappa shape index (κ3) is 4.34. The third-order valence-corrected chi connectivity index (χ3v) is 1.93. The molecule has 81 valence electrons. The minimum atomic E-state index is -0.477. The maximum absolute atomic E-state index is 11.4. The Morgan fingerprint density at radius 2 is 1.93 bits per heavy atom. The standard InChI is InChI=1S/C12H14ClO2/c1-12(2,3)15-11(14)8-9-6-4-5-7-10(9)13/h4-8H,1-3H3. The van der Waals surface area contributed by atoms with Crippen LogP contribution in [0.1, 0.15) is 26.3 Å². The molecule has 0 N–H and O–H groups in total. The van der Waals surface area contributed by atoms with Crippen molar-refractivity contribution in [1.82, 2.24) is 0 Å². The smallest absolute Gasteiger partial charge is 0.315 e. The predicted octanol–water partition coefficient (Wildman–Crippen LogP) is 3.23. The molecule has 0 aliphatic rings. The third-order valence-electron chi connectivity index (χ3n) is 1.59. The molecule has 0 atom stereocenters. The number of carbonyl (C=O) groups excluding carboxylic acids is 1. The van der Waals surface area contributed by atoms with Crippen LogP contribution in [0.25, 0.3) is 0 Å². The molecule has 0 saturated heterocycles. The molecule has 0 aromatic heterocycles. The molecular weight excluding hydrogens is 212 g/mol. The highest BCUT2D eigenvalue weighted by Gasteiger charge is 2.17. The first kappa shape index (κ1) is 12.1. The van der Waals surface area contributed by atoms with Gasteiger partial charge in [0.15, 0.2) is 0 Å². The van der Waals surface area contributed by atoms with Crippen LogP contribution in [0.15, 0.2) is 24.3 Å². The average molecular weight is 226 g/mol. The molecule has 0 fully saturated rings. The van der Waals surface area contributed by atoms with E-state index in [0.29, 0.717) is 10.6 Å². The molecule has 2 nitrogen and oxygen atoms in total. The van der Waals surface area contributed by atoms with Crippen LogP contribution in [0, 0.1) is 6.42 Å². The Balaban J connectivity index is 2.64. The Morgan fingerprint density at radius 1 is 1.33 bits per heavy atom. The summed E-state index contributed by atoms with van der Waals surface area (Å²) >= 11 is 5.90. The summed E-state index contributed by atoms with van der Waals surface area (Å²) in [7, 11) is 0. The lowest BCUT2D eigenvalue weighted by atomic mass is 10.1. The molecule has 0 aliphatic heterocycles. The first-order valence-electron chi connectivity index (χ1n) is 4.71. The van der Waals surface area contributed by atoms with Gasteiger partial charge in [-0.15, -0.1) is 0 Å². The van der Waals surface area contributed by atoms with Gasteiger partial charge in [-0.1, -0.05) is 29.8 Å². The van der Waals surface area contributed by atoms with Gasteiger partial charge in [0.05, 0.1) is 0 Å². The van der Waals surface area contributed by atoms with Crippen LogP contribution >= 0.6 is 11.6 Å². The lowest BCUT2D eigenvalue weighted by molar-refractivity contribution is -0.149. The Bertz CT molecular complexity index is 353. The molecule has 1 aromatic rings. The van der Waals surface area contributed by atoms with E-state index in [4.69, 9.17) is 16.3 Å². The van der Waals surface area contributed by atoms with Gasteiger partial charge < -0.3 is 4.74 Å². The fourth-order valence-corrected chi connectivity index (χ4v) is 1.24. The van der Waals surface area contributed by atoms with Gasteiger partial charge in [0.25, 0.3) is 0 Å². The largest absolute Gasteiger partial charge is 0.459 e. The zero-order chi connectivity index (χ0) is 11.5. The number of hydrogen-bond acceptors (Lipinski definition) is 2. The molecular formula is C12H14ClO2. The van der Waals surface area contributed by atoms with Crippen LogP contribution in [0.4, 0.5) is 0 Å². The molecule has 0 aliphatic carbocycles. The van der Waals surface area contributed by atoms with Crippen molar-refractivity contribution in [3.8, 4) is 0 Å². The van der Waals surface area contributed by atoms with E-state index in [1.54, 1.807) is 12.1 Å². The van der Waals surface area contributed by atoms with Gasteiger partial charge in [0.1, 0.15) is 12.0 Å². The highest BCUT2D eigenvalue weighted by molar-refractivity contribution is 6.31. The molecule has 0 saturated carbocycles. The van der Waals surface area contributed by atoms with E-state index >= 15 is 0 Å². The second-order valence-corrected chi connectivity index (χ2v) is 4.61. The second kappa shape index (κ2) is 4.67. The summed E-state index contributed by atoms with van der Waals surface area (Å²) in [4.78, 5) is 11.4. The van der Waals surface area contributed by atoms with Crippen LogP contribution in [0.3, 0.4) is 0 Å². The summed E-state index contributed by atoms with van der Waals surface area (Å²) in [6, 6.07) is 7.14. The molecule has 3 heteroatoms. The average Bonchev–Trinajstić information content (AvgIpc) is 2.05. The van der Waals surface area contributed by atoms with E-state index in [-0.39, 0.29) is 5.97 Å². The number of benzene rings is 1. The second-order valence-electron chi connectivity index (χ2n) is 4.20. The van der Waals surface area contributed by atoms with Gasteiger partial charge in [-0.2, -0.15) is 0 Å². The molecule has 1 aromatic carbocycles. The lowest BCUT2D eigenvalue weighted by Gasteiger charge is -2.19. The fraction of sp³-hybridized carbons (Fsp3) is 0.333. The number of carbonyl (C=O) groups is 1. The van der Waals surface area contributed by atoms with Crippen molar-refractivity contribution in [3.05, 3.63) is 41.3 Å². The normalized spacial score (nSPS) is 11.2. The lowest BCUT2D eigenvalue weighted by Crippen LogP contribution is -2.24. The summed E-state index contributed by atoms with van der Waals surface area (Å²) in [5, 5.41) is 0.545. The first-order valence-corrected chi connectivity index (χ1v) is 5.08. The molecule has 0 amide bonds. The highest BCUT2D eigenvalue weighted by atomic mass is 35.5. The van der Waals surface area contributed by atoms with Crippen molar-refractivity contribution in [2.45, 2.75) is 26.4 Å². The Labute approximate surface area is 95.2 Å². The van der Waals surface area contributed by atoms with E-state index in [0.717, 1.165) is 0 Å². The van der Waals surface area contributed by atoms with E-state index in [9.17, 15) is 4.79 Å². The minimum Gasteiger partial charge on any atom is -0.459 e. The van der Waals surface area contributed by atoms with Crippen LogP contribution < -0.4 is 0 Å². The van der Waals surface area contributed by atoms with Crippen molar-refractivity contribution in [3.63, 3.8) is 0 Å². The topological polar surface area (TPSA) is 26.3 Å². The molecule has 1 radical (unpaired) electrons. The number of ether oxygens (including phenoxy) is 1. The van der Waals surface area contributed by atoms with Crippen molar-refractivity contribution < 1.29 is 9.53 Å². The van der Waals surface area contributed by atoms with E-state index < -0.39 is 5.60 Å². The van der Waals surface area contributed by atoms with Gasteiger partial charge in [-0.3, -0.25) is 4.79 Å².